The zero-order valence-electron chi connectivity index (χ0n) is 14.7. The number of benzene rings is 2. The Labute approximate surface area is 173 Å². The number of hydrogen-bond acceptors (Lipinski definition) is 5. The van der Waals surface area contributed by atoms with Crippen LogP contribution in [0.25, 0.3) is 11.4 Å². The fraction of sp³-hybridized carbons (Fsp3) is 0.211. The van der Waals surface area contributed by atoms with E-state index in [-0.39, 0.29) is 17.8 Å². The van der Waals surface area contributed by atoms with Gasteiger partial charge < -0.3 is 11.2 Å². The predicted octanol–water partition coefficient (Wildman–Crippen LogP) is 3.67. The maximum Gasteiger partial charge on any atom is 0.238 e. The summed E-state index contributed by atoms with van der Waals surface area (Å²) in [5, 5.41) is 11.1. The van der Waals surface area contributed by atoms with Crippen molar-refractivity contribution in [2.24, 2.45) is 0 Å². The van der Waals surface area contributed by atoms with Gasteiger partial charge in [-0.05, 0) is 42.7 Å². The monoisotopic (exact) mass is 461 g/mol. The molecule has 1 atom stereocenters. The average molecular weight is 462 g/mol. The highest BCUT2D eigenvalue weighted by molar-refractivity contribution is 9.10. The van der Waals surface area contributed by atoms with Crippen LogP contribution in [-0.4, -0.2) is 26.8 Å². The number of aromatic nitrogens is 3. The number of thioether (sulfide) groups is 1. The van der Waals surface area contributed by atoms with Crippen LogP contribution >= 0.6 is 27.7 Å². The number of rotatable bonds is 6. The highest BCUT2D eigenvalue weighted by atomic mass is 79.9. The number of carbonyl (C=O) groups excluding carboxylic acids is 1. The van der Waals surface area contributed by atoms with E-state index in [1.807, 2.05) is 24.3 Å². The maximum atomic E-state index is 13.3. The second kappa shape index (κ2) is 7.92. The lowest BCUT2D eigenvalue weighted by Gasteiger charge is -2.16. The molecule has 4 rings (SSSR count). The van der Waals surface area contributed by atoms with Gasteiger partial charge in [0.25, 0.3) is 0 Å². The van der Waals surface area contributed by atoms with Crippen molar-refractivity contribution in [3.8, 4) is 11.4 Å². The van der Waals surface area contributed by atoms with Gasteiger partial charge in [0.2, 0.25) is 11.1 Å². The third-order valence-electron chi connectivity index (χ3n) is 4.34. The lowest BCUT2D eigenvalue weighted by atomic mass is 10.1. The van der Waals surface area contributed by atoms with Gasteiger partial charge in [-0.2, -0.15) is 0 Å². The van der Waals surface area contributed by atoms with E-state index >= 15 is 0 Å². The first-order valence-corrected chi connectivity index (χ1v) is 10.4. The summed E-state index contributed by atoms with van der Waals surface area (Å²) in [7, 11) is 0. The number of nitrogens with one attached hydrogen (secondary N) is 1. The minimum Gasteiger partial charge on any atom is -0.352 e. The normalized spacial score (nSPS) is 14.6. The van der Waals surface area contributed by atoms with Crippen molar-refractivity contribution in [1.29, 1.82) is 0 Å². The summed E-state index contributed by atoms with van der Waals surface area (Å²) < 4.78 is 15.5. The molecule has 1 aromatic heterocycles. The molecule has 1 amide bonds. The maximum absolute atomic E-state index is 13.3. The van der Waals surface area contributed by atoms with Gasteiger partial charge in [-0.3, -0.25) is 4.79 Å². The summed E-state index contributed by atoms with van der Waals surface area (Å²) in [4.78, 5) is 12.8. The van der Waals surface area contributed by atoms with Crippen molar-refractivity contribution < 1.29 is 9.18 Å². The molecule has 0 aliphatic heterocycles. The highest BCUT2D eigenvalue weighted by Crippen LogP contribution is 2.37. The Morgan fingerprint density at radius 2 is 1.93 bits per heavy atom. The lowest BCUT2D eigenvalue weighted by Crippen LogP contribution is -2.30. The molecule has 6 nitrogen and oxygen atoms in total. The molecule has 0 radical (unpaired) electrons. The van der Waals surface area contributed by atoms with Crippen LogP contribution in [0.4, 0.5) is 4.39 Å². The number of nitrogens with zero attached hydrogens (tertiary/aromatic N) is 3. The number of halogens is 2. The molecule has 0 saturated heterocycles. The Hall–Kier alpha value is -2.39. The van der Waals surface area contributed by atoms with Crippen LogP contribution in [-0.2, 0) is 4.79 Å². The third kappa shape index (κ3) is 4.05. The molecule has 0 spiro atoms. The summed E-state index contributed by atoms with van der Waals surface area (Å²) in [6, 6.07) is 13.6. The van der Waals surface area contributed by atoms with Crippen LogP contribution in [0.1, 0.15) is 23.7 Å². The van der Waals surface area contributed by atoms with E-state index in [4.69, 9.17) is 5.84 Å². The van der Waals surface area contributed by atoms with Gasteiger partial charge in [-0.1, -0.05) is 52.0 Å². The molecule has 1 aliphatic rings. The molecule has 3 N–H and O–H groups in total. The van der Waals surface area contributed by atoms with Crippen molar-refractivity contribution >= 4 is 33.6 Å². The quantitative estimate of drug-likeness (QED) is 0.431. The summed E-state index contributed by atoms with van der Waals surface area (Å²) in [6.07, 6.45) is 1.96. The highest BCUT2D eigenvalue weighted by Gasteiger charge is 2.30. The molecule has 0 bridgehead atoms. The summed E-state index contributed by atoms with van der Waals surface area (Å²) >= 11 is 4.67. The van der Waals surface area contributed by atoms with Crippen LogP contribution in [0, 0.1) is 5.82 Å². The fourth-order valence-electron chi connectivity index (χ4n) is 2.70. The van der Waals surface area contributed by atoms with E-state index < -0.39 is 5.25 Å². The van der Waals surface area contributed by atoms with Gasteiger partial charge in [-0.25, -0.2) is 9.07 Å². The topological polar surface area (TPSA) is 85.8 Å². The molecule has 1 aliphatic carbocycles. The van der Waals surface area contributed by atoms with Crippen molar-refractivity contribution in [3.05, 3.63) is 64.4 Å². The van der Waals surface area contributed by atoms with Crippen LogP contribution in [0.3, 0.4) is 0 Å². The van der Waals surface area contributed by atoms with Crippen LogP contribution in [0.2, 0.25) is 0 Å². The van der Waals surface area contributed by atoms with Crippen molar-refractivity contribution in [1.82, 2.24) is 20.2 Å². The van der Waals surface area contributed by atoms with Gasteiger partial charge in [-0.15, -0.1) is 10.2 Å². The van der Waals surface area contributed by atoms with E-state index in [0.29, 0.717) is 16.5 Å². The van der Waals surface area contributed by atoms with E-state index in [9.17, 15) is 9.18 Å². The van der Waals surface area contributed by atoms with Gasteiger partial charge in [0.05, 0.1) is 0 Å². The van der Waals surface area contributed by atoms with Crippen molar-refractivity contribution in [2.45, 2.75) is 29.3 Å². The van der Waals surface area contributed by atoms with Crippen LogP contribution < -0.4 is 11.2 Å². The fourth-order valence-corrected chi connectivity index (χ4v) is 4.13. The molecule has 144 valence electrons. The minimum absolute atomic E-state index is 0.149. The summed E-state index contributed by atoms with van der Waals surface area (Å²) in [6.45, 7) is 0. The molecule has 1 saturated carbocycles. The van der Waals surface area contributed by atoms with Gasteiger partial charge in [0.15, 0.2) is 5.82 Å². The third-order valence-corrected chi connectivity index (χ3v) is 6.24. The Bertz CT molecular complexity index is 1010. The summed E-state index contributed by atoms with van der Waals surface area (Å²) in [5.74, 6) is 6.21. The standard InChI is InChI=1S/C19H17BrFN5OS/c20-15-4-2-1-3-14(15)17-24-25-19(26(17)22)28-16(18(27)23-13-9-10-13)11-5-7-12(21)8-6-11/h1-8,13,16H,9-10,22H2,(H,23,27). The Kier molecular flexibility index (Phi) is 5.36. The second-order valence-corrected chi connectivity index (χ2v) is 8.41. The number of hydrogen-bond donors (Lipinski definition) is 2. The van der Waals surface area contributed by atoms with E-state index in [1.165, 1.54) is 28.6 Å². The molecule has 1 fully saturated rings. The molecule has 1 unspecified atom stereocenters. The molecular formula is C19H17BrFN5OS. The molecular weight excluding hydrogens is 445 g/mol. The first kappa shape index (κ1) is 18.9. The Morgan fingerprint density at radius 3 is 2.61 bits per heavy atom. The second-order valence-electron chi connectivity index (χ2n) is 6.49. The van der Waals surface area contributed by atoms with E-state index in [0.717, 1.165) is 22.9 Å². The zero-order chi connectivity index (χ0) is 19.7. The average Bonchev–Trinajstić information content (AvgIpc) is 3.43. The SMILES string of the molecule is Nn1c(SC(C(=O)NC2CC2)c2ccc(F)cc2)nnc1-c1ccccc1Br. The molecule has 3 aromatic rings. The van der Waals surface area contributed by atoms with Crippen LogP contribution in [0.15, 0.2) is 58.2 Å². The number of amides is 1. The lowest BCUT2D eigenvalue weighted by molar-refractivity contribution is -0.120. The zero-order valence-corrected chi connectivity index (χ0v) is 17.1. The molecule has 2 aromatic carbocycles. The Morgan fingerprint density at radius 1 is 1.21 bits per heavy atom. The van der Waals surface area contributed by atoms with Crippen molar-refractivity contribution in [2.75, 3.05) is 5.84 Å². The largest absolute Gasteiger partial charge is 0.352 e. The van der Waals surface area contributed by atoms with E-state index in [1.54, 1.807) is 12.1 Å². The molecule has 1 heterocycles. The van der Waals surface area contributed by atoms with Gasteiger partial charge >= 0.3 is 0 Å². The van der Waals surface area contributed by atoms with E-state index in [2.05, 4.69) is 31.4 Å². The van der Waals surface area contributed by atoms with Crippen LogP contribution in [0.5, 0.6) is 0 Å². The first-order valence-electron chi connectivity index (χ1n) is 8.71. The first-order chi connectivity index (χ1) is 13.5. The minimum atomic E-state index is -0.611. The number of nitrogen functional groups attached to an aromatic ring is 1. The number of carbonyl (C=O) groups is 1. The molecule has 28 heavy (non-hydrogen) atoms. The van der Waals surface area contributed by atoms with Crippen molar-refractivity contribution in [3.63, 3.8) is 0 Å². The predicted molar refractivity (Wildman–Crippen MR) is 109 cm³/mol. The smallest absolute Gasteiger partial charge is 0.238 e. The number of nitrogens with two attached hydrogens (primary N) is 1. The summed E-state index contributed by atoms with van der Waals surface area (Å²) in [5.41, 5.74) is 1.47. The molecule has 9 heteroatoms. The van der Waals surface area contributed by atoms with Gasteiger partial charge in [0.1, 0.15) is 11.1 Å². The Balaban J connectivity index is 1.64. The van der Waals surface area contributed by atoms with Gasteiger partial charge in [0, 0.05) is 16.1 Å².